The van der Waals surface area contributed by atoms with Crippen molar-refractivity contribution in [1.29, 1.82) is 0 Å². The molecule has 2 N–H and O–H groups in total. The van der Waals surface area contributed by atoms with Gasteiger partial charge < -0.3 is 5.32 Å². The molecular weight excluding hydrogens is 342 g/mol. The van der Waals surface area contributed by atoms with Crippen LogP contribution in [0.4, 0.5) is 5.95 Å². The zero-order valence-electron chi connectivity index (χ0n) is 14.7. The summed E-state index contributed by atoms with van der Waals surface area (Å²) < 4.78 is 0. The van der Waals surface area contributed by atoms with Crippen LogP contribution in [0.1, 0.15) is 11.4 Å². The van der Waals surface area contributed by atoms with Crippen LogP contribution in [0.5, 0.6) is 0 Å². The van der Waals surface area contributed by atoms with Crippen LogP contribution >= 0.6 is 0 Å². The minimum absolute atomic E-state index is 0.537. The van der Waals surface area contributed by atoms with E-state index in [0.717, 1.165) is 22.4 Å². The third kappa shape index (κ3) is 3.92. The van der Waals surface area contributed by atoms with Crippen molar-refractivity contribution in [2.45, 2.75) is 13.3 Å². The van der Waals surface area contributed by atoms with Crippen molar-refractivity contribution in [2.24, 2.45) is 0 Å². The molecule has 3 heterocycles. The third-order valence-corrected chi connectivity index (χ3v) is 4.01. The first-order valence-electron chi connectivity index (χ1n) is 8.45. The maximum atomic E-state index is 4.73. The number of hydrogen-bond acceptors (Lipinski definition) is 8. The summed E-state index contributed by atoms with van der Waals surface area (Å²) in [5.41, 5.74) is 4.76. The normalized spacial score (nSPS) is 10.7. The van der Waals surface area contributed by atoms with Crippen molar-refractivity contribution in [3.8, 4) is 22.4 Å². The highest BCUT2D eigenvalue weighted by Gasteiger charge is 2.12. The van der Waals surface area contributed by atoms with Crippen molar-refractivity contribution < 1.29 is 0 Å². The van der Waals surface area contributed by atoms with Gasteiger partial charge in [-0.05, 0) is 6.92 Å². The van der Waals surface area contributed by atoms with E-state index in [0.29, 0.717) is 24.7 Å². The Kier molecular flexibility index (Phi) is 4.73. The summed E-state index contributed by atoms with van der Waals surface area (Å²) in [4.78, 5) is 17.4. The summed E-state index contributed by atoms with van der Waals surface area (Å²) in [7, 11) is 0. The second kappa shape index (κ2) is 7.65. The zero-order valence-corrected chi connectivity index (χ0v) is 14.7. The number of aromatic nitrogens is 8. The van der Waals surface area contributed by atoms with E-state index in [4.69, 9.17) is 4.98 Å². The summed E-state index contributed by atoms with van der Waals surface area (Å²) in [5.74, 6) is 1.17. The molecule has 9 nitrogen and oxygen atoms in total. The largest absolute Gasteiger partial charge is 0.354 e. The molecule has 0 atom stereocenters. The molecular formula is C18H17N9. The molecule has 0 spiro atoms. The van der Waals surface area contributed by atoms with Crippen molar-refractivity contribution >= 4 is 5.95 Å². The molecule has 0 fully saturated rings. The smallest absolute Gasteiger partial charge is 0.223 e. The molecule has 27 heavy (non-hydrogen) atoms. The van der Waals surface area contributed by atoms with E-state index in [1.807, 2.05) is 12.1 Å². The van der Waals surface area contributed by atoms with Gasteiger partial charge in [0, 0.05) is 48.2 Å². The predicted molar refractivity (Wildman–Crippen MR) is 99.6 cm³/mol. The molecule has 0 amide bonds. The quantitative estimate of drug-likeness (QED) is 0.537. The van der Waals surface area contributed by atoms with Crippen LogP contribution in [0.2, 0.25) is 0 Å². The number of aromatic amines is 1. The van der Waals surface area contributed by atoms with Gasteiger partial charge in [-0.15, -0.1) is 10.2 Å². The van der Waals surface area contributed by atoms with Gasteiger partial charge in [0.1, 0.15) is 6.33 Å². The Morgan fingerprint density at radius 3 is 2.56 bits per heavy atom. The Hall–Kier alpha value is -3.75. The molecule has 134 valence electrons. The average molecular weight is 359 g/mol. The molecule has 4 rings (SSSR count). The lowest BCUT2D eigenvalue weighted by molar-refractivity contribution is 0.881. The van der Waals surface area contributed by atoms with Gasteiger partial charge in [0.05, 0.1) is 5.69 Å². The van der Waals surface area contributed by atoms with Crippen LogP contribution in [0.15, 0.2) is 49.2 Å². The van der Waals surface area contributed by atoms with E-state index in [-0.39, 0.29) is 0 Å². The standard InChI is InChI=1S/C18H17N9/c1-12-2-4-13(5-3-12)17-15(14-8-19-11-20-9-14)10-22-18(23-17)21-7-6-16-24-26-27-25-16/h2-5,8-11H,6-7H2,1H3,(H,21,22,23)(H,24,25,26,27). The number of hydrogen-bond donors (Lipinski definition) is 2. The Morgan fingerprint density at radius 1 is 1.00 bits per heavy atom. The van der Waals surface area contributed by atoms with Gasteiger partial charge in [-0.1, -0.05) is 35.0 Å². The number of tetrazole rings is 1. The van der Waals surface area contributed by atoms with Gasteiger partial charge in [0.15, 0.2) is 5.82 Å². The number of anilines is 1. The number of benzene rings is 1. The first-order valence-corrected chi connectivity index (χ1v) is 8.45. The second-order valence-corrected chi connectivity index (χ2v) is 5.95. The summed E-state index contributed by atoms with van der Waals surface area (Å²) in [6.07, 6.45) is 7.43. The Bertz CT molecular complexity index is 999. The van der Waals surface area contributed by atoms with Crippen molar-refractivity contribution in [3.05, 3.63) is 60.6 Å². The molecule has 0 radical (unpaired) electrons. The maximum Gasteiger partial charge on any atom is 0.223 e. The Labute approximate surface area is 155 Å². The van der Waals surface area contributed by atoms with Crippen molar-refractivity contribution in [2.75, 3.05) is 11.9 Å². The summed E-state index contributed by atoms with van der Waals surface area (Å²) >= 11 is 0. The van der Waals surface area contributed by atoms with Crippen LogP contribution in [0.25, 0.3) is 22.4 Å². The SMILES string of the molecule is Cc1ccc(-c2nc(NCCc3nn[nH]n3)ncc2-c2cncnc2)cc1. The van der Waals surface area contributed by atoms with Crippen LogP contribution in [-0.4, -0.2) is 47.1 Å². The van der Waals surface area contributed by atoms with E-state index in [9.17, 15) is 0 Å². The average Bonchev–Trinajstić information content (AvgIpc) is 3.23. The Balaban J connectivity index is 1.64. The molecule has 1 aromatic carbocycles. The number of rotatable bonds is 6. The molecule has 0 saturated heterocycles. The molecule has 0 saturated carbocycles. The highest BCUT2D eigenvalue weighted by Crippen LogP contribution is 2.30. The lowest BCUT2D eigenvalue weighted by atomic mass is 10.0. The van der Waals surface area contributed by atoms with Gasteiger partial charge in [-0.2, -0.15) is 5.21 Å². The van der Waals surface area contributed by atoms with E-state index >= 15 is 0 Å². The lowest BCUT2D eigenvalue weighted by Gasteiger charge is -2.11. The summed E-state index contributed by atoms with van der Waals surface area (Å²) in [6, 6.07) is 8.22. The summed E-state index contributed by atoms with van der Waals surface area (Å²) in [5, 5.41) is 17.1. The van der Waals surface area contributed by atoms with Gasteiger partial charge in [-0.3, -0.25) is 0 Å². The Morgan fingerprint density at radius 2 is 1.81 bits per heavy atom. The van der Waals surface area contributed by atoms with E-state index in [2.05, 4.69) is 59.9 Å². The molecule has 9 heteroatoms. The fourth-order valence-electron chi connectivity index (χ4n) is 2.62. The highest BCUT2D eigenvalue weighted by atomic mass is 15.5. The zero-order chi connectivity index (χ0) is 18.5. The van der Waals surface area contributed by atoms with Gasteiger partial charge >= 0.3 is 0 Å². The first-order chi connectivity index (χ1) is 13.3. The molecule has 3 aromatic heterocycles. The minimum atomic E-state index is 0.537. The van der Waals surface area contributed by atoms with Crippen LogP contribution in [0, 0.1) is 6.92 Å². The summed E-state index contributed by atoms with van der Waals surface area (Å²) in [6.45, 7) is 2.65. The van der Waals surface area contributed by atoms with Gasteiger partial charge in [-0.25, -0.2) is 19.9 Å². The molecule has 0 aliphatic rings. The number of aryl methyl sites for hydroxylation is 1. The fraction of sp³-hybridized carbons (Fsp3) is 0.167. The van der Waals surface area contributed by atoms with Crippen molar-refractivity contribution in [1.82, 2.24) is 40.6 Å². The number of nitrogens with one attached hydrogen (secondary N) is 2. The van der Waals surface area contributed by atoms with E-state index in [1.165, 1.54) is 11.9 Å². The lowest BCUT2D eigenvalue weighted by Crippen LogP contribution is -2.09. The van der Waals surface area contributed by atoms with E-state index < -0.39 is 0 Å². The molecule has 0 aliphatic carbocycles. The van der Waals surface area contributed by atoms with Gasteiger partial charge in [0.2, 0.25) is 5.95 Å². The molecule has 0 unspecified atom stereocenters. The van der Waals surface area contributed by atoms with Crippen LogP contribution in [0.3, 0.4) is 0 Å². The molecule has 0 aliphatic heterocycles. The van der Waals surface area contributed by atoms with Gasteiger partial charge in [0.25, 0.3) is 0 Å². The minimum Gasteiger partial charge on any atom is -0.354 e. The number of nitrogens with zero attached hydrogens (tertiary/aromatic N) is 7. The van der Waals surface area contributed by atoms with Crippen molar-refractivity contribution in [3.63, 3.8) is 0 Å². The topological polar surface area (TPSA) is 118 Å². The molecule has 4 aromatic rings. The van der Waals surface area contributed by atoms with Crippen LogP contribution in [-0.2, 0) is 6.42 Å². The third-order valence-electron chi connectivity index (χ3n) is 4.01. The monoisotopic (exact) mass is 359 g/mol. The fourth-order valence-corrected chi connectivity index (χ4v) is 2.62. The van der Waals surface area contributed by atoms with E-state index in [1.54, 1.807) is 18.6 Å². The predicted octanol–water partition coefficient (Wildman–Crippen LogP) is 2.08. The van der Waals surface area contributed by atoms with Crippen LogP contribution < -0.4 is 5.32 Å². The highest BCUT2D eigenvalue weighted by molar-refractivity contribution is 5.80. The first kappa shape index (κ1) is 16.7. The maximum absolute atomic E-state index is 4.73. The number of H-pyrrole nitrogens is 1. The second-order valence-electron chi connectivity index (χ2n) is 5.95. The molecule has 0 bridgehead atoms.